The van der Waals surface area contributed by atoms with E-state index in [0.717, 1.165) is 6.42 Å². The summed E-state index contributed by atoms with van der Waals surface area (Å²) in [5.74, 6) is 0.185. The molecule has 0 fully saturated rings. The van der Waals surface area contributed by atoms with Crippen LogP contribution in [-0.2, 0) is 11.3 Å². The van der Waals surface area contributed by atoms with Crippen LogP contribution in [0.2, 0.25) is 0 Å². The lowest BCUT2D eigenvalue weighted by Gasteiger charge is -2.05. The van der Waals surface area contributed by atoms with E-state index in [0.29, 0.717) is 13.0 Å². The molecule has 32 heavy (non-hydrogen) atoms. The van der Waals surface area contributed by atoms with Gasteiger partial charge in [0.25, 0.3) is 0 Å². The zero-order chi connectivity index (χ0) is 22.2. The quantitative estimate of drug-likeness (QED) is 0.143. The average Bonchev–Trinajstić information content (AvgIpc) is 2.80. The van der Waals surface area contributed by atoms with Crippen LogP contribution in [0, 0.1) is 0 Å². The van der Waals surface area contributed by atoms with Crippen molar-refractivity contribution >= 4 is 18.3 Å². The van der Waals surface area contributed by atoms with Crippen molar-refractivity contribution in [1.29, 1.82) is 0 Å². The van der Waals surface area contributed by atoms with Crippen LogP contribution in [0.1, 0.15) is 128 Å². The van der Waals surface area contributed by atoms with Gasteiger partial charge in [-0.15, -0.1) is 12.4 Å². The SMILES string of the molecule is CCCCCCCCC=CCCCCCCCCCCCC(=O)NCc1ccccc1.Cl. The maximum Gasteiger partial charge on any atom is 0.220 e. The maximum absolute atomic E-state index is 11.9. The van der Waals surface area contributed by atoms with Gasteiger partial charge in [0.15, 0.2) is 0 Å². The number of amides is 1. The highest BCUT2D eigenvalue weighted by atomic mass is 35.5. The molecule has 0 bridgehead atoms. The largest absolute Gasteiger partial charge is 0.352 e. The summed E-state index contributed by atoms with van der Waals surface area (Å²) >= 11 is 0. The van der Waals surface area contributed by atoms with E-state index in [1.54, 1.807) is 0 Å². The summed E-state index contributed by atoms with van der Waals surface area (Å²) in [6.45, 7) is 2.93. The highest BCUT2D eigenvalue weighted by Gasteiger charge is 2.01. The molecule has 3 heteroatoms. The Balaban J connectivity index is 0.00000961. The third kappa shape index (κ3) is 20.6. The molecule has 184 valence electrons. The van der Waals surface area contributed by atoms with E-state index < -0.39 is 0 Å². The van der Waals surface area contributed by atoms with E-state index >= 15 is 0 Å². The fourth-order valence-corrected chi connectivity index (χ4v) is 3.95. The Bertz CT molecular complexity index is 543. The molecule has 1 amide bonds. The second-order valence-electron chi connectivity index (χ2n) is 9.01. The van der Waals surface area contributed by atoms with Crippen molar-refractivity contribution in [3.05, 3.63) is 48.0 Å². The molecule has 0 saturated heterocycles. The van der Waals surface area contributed by atoms with Gasteiger partial charge in [0.1, 0.15) is 0 Å². The van der Waals surface area contributed by atoms with Crippen molar-refractivity contribution in [2.75, 3.05) is 0 Å². The molecular formula is C29H50ClNO. The van der Waals surface area contributed by atoms with Crippen LogP contribution < -0.4 is 5.32 Å². The summed E-state index contributed by atoms with van der Waals surface area (Å²) in [6.07, 6.45) is 28.0. The van der Waals surface area contributed by atoms with Crippen LogP contribution in [0.4, 0.5) is 0 Å². The van der Waals surface area contributed by atoms with Gasteiger partial charge >= 0.3 is 0 Å². The number of hydrogen-bond acceptors (Lipinski definition) is 1. The van der Waals surface area contributed by atoms with E-state index in [-0.39, 0.29) is 18.3 Å². The fraction of sp³-hybridized carbons (Fsp3) is 0.690. The van der Waals surface area contributed by atoms with Gasteiger partial charge in [0.05, 0.1) is 0 Å². The molecule has 1 aromatic carbocycles. The second kappa shape index (κ2) is 24.4. The first-order valence-corrected chi connectivity index (χ1v) is 13.3. The number of hydrogen-bond donors (Lipinski definition) is 1. The van der Waals surface area contributed by atoms with E-state index in [4.69, 9.17) is 0 Å². The van der Waals surface area contributed by atoms with Gasteiger partial charge in [-0.2, -0.15) is 0 Å². The second-order valence-corrected chi connectivity index (χ2v) is 9.01. The van der Waals surface area contributed by atoms with Crippen molar-refractivity contribution < 1.29 is 4.79 Å². The molecule has 0 atom stereocenters. The monoisotopic (exact) mass is 463 g/mol. The van der Waals surface area contributed by atoms with Crippen LogP contribution >= 0.6 is 12.4 Å². The summed E-state index contributed by atoms with van der Waals surface area (Å²) in [5, 5.41) is 3.01. The van der Waals surface area contributed by atoms with E-state index in [2.05, 4.69) is 24.4 Å². The predicted octanol–water partition coefficient (Wildman–Crippen LogP) is 9.32. The number of carbonyl (C=O) groups is 1. The summed E-state index contributed by atoms with van der Waals surface area (Å²) in [5.41, 5.74) is 1.17. The Morgan fingerprint density at radius 2 is 1.16 bits per heavy atom. The summed E-state index contributed by atoms with van der Waals surface area (Å²) < 4.78 is 0. The Kier molecular flexibility index (Phi) is 23.4. The number of allylic oxidation sites excluding steroid dienone is 2. The molecule has 1 aromatic rings. The van der Waals surface area contributed by atoms with Gasteiger partial charge in [-0.25, -0.2) is 0 Å². The van der Waals surface area contributed by atoms with Gasteiger partial charge in [0.2, 0.25) is 5.91 Å². The molecule has 0 spiro atoms. The minimum absolute atomic E-state index is 0. The van der Waals surface area contributed by atoms with Gasteiger partial charge in [-0.3, -0.25) is 4.79 Å². The maximum atomic E-state index is 11.9. The molecule has 0 aliphatic rings. The van der Waals surface area contributed by atoms with Crippen molar-refractivity contribution in [3.8, 4) is 0 Å². The van der Waals surface area contributed by atoms with Gasteiger partial charge in [-0.1, -0.05) is 126 Å². The van der Waals surface area contributed by atoms with E-state index in [1.807, 2.05) is 30.3 Å². The molecular weight excluding hydrogens is 414 g/mol. The number of halogens is 1. The Labute approximate surface area is 205 Å². The Morgan fingerprint density at radius 3 is 1.69 bits per heavy atom. The number of benzene rings is 1. The van der Waals surface area contributed by atoms with Gasteiger partial charge in [0, 0.05) is 13.0 Å². The first-order valence-electron chi connectivity index (χ1n) is 13.3. The smallest absolute Gasteiger partial charge is 0.220 e. The molecule has 0 saturated carbocycles. The van der Waals surface area contributed by atoms with Crippen molar-refractivity contribution in [2.24, 2.45) is 0 Å². The number of carbonyl (C=O) groups excluding carboxylic acids is 1. The molecule has 2 nitrogen and oxygen atoms in total. The molecule has 0 aromatic heterocycles. The third-order valence-corrected chi connectivity index (χ3v) is 6.00. The summed E-state index contributed by atoms with van der Waals surface area (Å²) in [6, 6.07) is 10.1. The Hall–Kier alpha value is -1.28. The first-order chi connectivity index (χ1) is 15.3. The third-order valence-electron chi connectivity index (χ3n) is 6.00. The van der Waals surface area contributed by atoms with Crippen LogP contribution in [-0.4, -0.2) is 5.91 Å². The van der Waals surface area contributed by atoms with Crippen LogP contribution in [0.5, 0.6) is 0 Å². The number of nitrogens with one attached hydrogen (secondary N) is 1. The molecule has 1 rings (SSSR count). The van der Waals surface area contributed by atoms with Crippen molar-refractivity contribution in [3.63, 3.8) is 0 Å². The molecule has 0 aliphatic heterocycles. The molecule has 0 radical (unpaired) electrons. The van der Waals surface area contributed by atoms with E-state index in [9.17, 15) is 4.79 Å². The Morgan fingerprint density at radius 1 is 0.688 bits per heavy atom. The minimum Gasteiger partial charge on any atom is -0.352 e. The fourth-order valence-electron chi connectivity index (χ4n) is 3.95. The predicted molar refractivity (Wildman–Crippen MR) is 143 cm³/mol. The number of unbranched alkanes of at least 4 members (excludes halogenated alkanes) is 15. The van der Waals surface area contributed by atoms with Gasteiger partial charge < -0.3 is 5.32 Å². The summed E-state index contributed by atoms with van der Waals surface area (Å²) in [4.78, 5) is 11.9. The standard InChI is InChI=1S/C29H49NO.ClH/c1-2-3-4-5-6-7-8-9-10-11-12-13-14-15-16-17-18-19-23-26-29(31)30-27-28-24-21-20-22-25-28;/h9-10,20-22,24-25H,2-8,11-19,23,26-27H2,1H3,(H,30,31);1H. The van der Waals surface area contributed by atoms with Gasteiger partial charge in [-0.05, 0) is 37.7 Å². The molecule has 0 aliphatic carbocycles. The first kappa shape index (κ1) is 30.7. The lowest BCUT2D eigenvalue weighted by Crippen LogP contribution is -2.22. The van der Waals surface area contributed by atoms with E-state index in [1.165, 1.54) is 108 Å². The molecule has 1 N–H and O–H groups in total. The lowest BCUT2D eigenvalue weighted by molar-refractivity contribution is -0.121. The minimum atomic E-state index is 0. The zero-order valence-electron chi connectivity index (χ0n) is 20.8. The lowest BCUT2D eigenvalue weighted by atomic mass is 10.1. The molecule has 0 unspecified atom stereocenters. The molecule has 0 heterocycles. The summed E-state index contributed by atoms with van der Waals surface area (Å²) in [7, 11) is 0. The van der Waals surface area contributed by atoms with Crippen molar-refractivity contribution in [2.45, 2.75) is 129 Å². The van der Waals surface area contributed by atoms with Crippen LogP contribution in [0.25, 0.3) is 0 Å². The number of rotatable bonds is 21. The van der Waals surface area contributed by atoms with Crippen LogP contribution in [0.15, 0.2) is 42.5 Å². The topological polar surface area (TPSA) is 29.1 Å². The van der Waals surface area contributed by atoms with Crippen LogP contribution in [0.3, 0.4) is 0 Å². The zero-order valence-corrected chi connectivity index (χ0v) is 21.6. The highest BCUT2D eigenvalue weighted by Crippen LogP contribution is 2.12. The normalized spacial score (nSPS) is 10.9. The highest BCUT2D eigenvalue weighted by molar-refractivity contribution is 5.85. The van der Waals surface area contributed by atoms with Crippen molar-refractivity contribution in [1.82, 2.24) is 5.32 Å². The average molecular weight is 464 g/mol.